The zero-order valence-corrected chi connectivity index (χ0v) is 8.91. The first-order chi connectivity index (χ1) is 6.57. The molecular formula is C10H22N2O2. The van der Waals surface area contributed by atoms with Crippen LogP contribution >= 0.6 is 0 Å². The van der Waals surface area contributed by atoms with Crippen LogP contribution in [0.1, 0.15) is 39.0 Å². The molecule has 4 heteroatoms. The fourth-order valence-corrected chi connectivity index (χ4v) is 1.40. The molecule has 0 aliphatic rings. The van der Waals surface area contributed by atoms with Gasteiger partial charge in [-0.25, -0.2) is 0 Å². The molecule has 2 atom stereocenters. The summed E-state index contributed by atoms with van der Waals surface area (Å²) in [6.45, 7) is 2.42. The number of rotatable bonds is 8. The predicted octanol–water partition coefficient (Wildman–Crippen LogP) is 0.944. The minimum atomic E-state index is -0.762. The Hall–Kier alpha value is -0.610. The van der Waals surface area contributed by atoms with Gasteiger partial charge in [-0.1, -0.05) is 19.8 Å². The lowest BCUT2D eigenvalue weighted by Crippen LogP contribution is -2.25. The van der Waals surface area contributed by atoms with E-state index in [1.807, 2.05) is 0 Å². The van der Waals surface area contributed by atoms with E-state index in [1.54, 1.807) is 6.92 Å². The lowest BCUT2D eigenvalue weighted by atomic mass is 9.98. The molecule has 84 valence electrons. The molecule has 0 saturated carbocycles. The number of nitrogens with two attached hydrogens (primary N) is 2. The summed E-state index contributed by atoms with van der Waals surface area (Å²) in [5.74, 6) is -1.10. The van der Waals surface area contributed by atoms with E-state index in [1.165, 1.54) is 0 Å². The first-order valence-corrected chi connectivity index (χ1v) is 5.26. The van der Waals surface area contributed by atoms with Crippen LogP contribution in [0.3, 0.4) is 0 Å². The van der Waals surface area contributed by atoms with Crippen LogP contribution in [0.5, 0.6) is 0 Å². The van der Waals surface area contributed by atoms with Crippen molar-refractivity contribution < 1.29 is 9.90 Å². The highest BCUT2D eigenvalue weighted by molar-refractivity contribution is 5.69. The van der Waals surface area contributed by atoms with Crippen molar-refractivity contribution in [2.45, 2.75) is 45.1 Å². The Labute approximate surface area is 85.7 Å². The molecule has 0 bridgehead atoms. The summed E-state index contributed by atoms with van der Waals surface area (Å²) in [5, 5.41) is 8.67. The number of unbranched alkanes of at least 4 members (excludes halogenated alkanes) is 2. The zero-order chi connectivity index (χ0) is 11.0. The van der Waals surface area contributed by atoms with E-state index >= 15 is 0 Å². The molecule has 0 fully saturated rings. The Morgan fingerprint density at radius 1 is 1.36 bits per heavy atom. The molecule has 2 unspecified atom stereocenters. The van der Waals surface area contributed by atoms with Crippen molar-refractivity contribution in [3.63, 3.8) is 0 Å². The first-order valence-electron chi connectivity index (χ1n) is 5.26. The average molecular weight is 202 g/mol. The van der Waals surface area contributed by atoms with Crippen molar-refractivity contribution >= 4 is 5.97 Å². The Kier molecular flexibility index (Phi) is 7.42. The molecular weight excluding hydrogens is 180 g/mol. The zero-order valence-electron chi connectivity index (χ0n) is 8.91. The van der Waals surface area contributed by atoms with Crippen LogP contribution in [-0.2, 0) is 4.79 Å². The molecule has 0 rings (SSSR count). The smallest absolute Gasteiger partial charge is 0.306 e. The predicted molar refractivity (Wildman–Crippen MR) is 56.9 cm³/mol. The molecule has 0 amide bonds. The highest BCUT2D eigenvalue weighted by Crippen LogP contribution is 2.10. The molecule has 0 spiro atoms. The monoisotopic (exact) mass is 202 g/mol. The second-order valence-corrected chi connectivity index (χ2v) is 3.87. The fourth-order valence-electron chi connectivity index (χ4n) is 1.40. The van der Waals surface area contributed by atoms with E-state index in [9.17, 15) is 4.79 Å². The van der Waals surface area contributed by atoms with Gasteiger partial charge in [0, 0.05) is 6.04 Å². The molecule has 4 nitrogen and oxygen atoms in total. The van der Waals surface area contributed by atoms with Crippen LogP contribution in [-0.4, -0.2) is 23.7 Å². The van der Waals surface area contributed by atoms with Gasteiger partial charge in [0.1, 0.15) is 0 Å². The lowest BCUT2D eigenvalue weighted by molar-refractivity contribution is -0.141. The van der Waals surface area contributed by atoms with Crippen molar-refractivity contribution in [1.82, 2.24) is 0 Å². The maximum atomic E-state index is 10.5. The van der Waals surface area contributed by atoms with E-state index in [0.717, 1.165) is 32.2 Å². The van der Waals surface area contributed by atoms with E-state index in [-0.39, 0.29) is 12.0 Å². The maximum Gasteiger partial charge on any atom is 0.306 e. The second kappa shape index (κ2) is 7.76. The topological polar surface area (TPSA) is 89.3 Å². The molecule has 0 aromatic carbocycles. The summed E-state index contributed by atoms with van der Waals surface area (Å²) >= 11 is 0. The number of carboxylic acids is 1. The van der Waals surface area contributed by atoms with E-state index < -0.39 is 5.97 Å². The third kappa shape index (κ3) is 6.86. The number of hydrogen-bond donors (Lipinski definition) is 3. The number of carboxylic acid groups (broad SMARTS) is 1. The third-order valence-corrected chi connectivity index (χ3v) is 2.36. The van der Waals surface area contributed by atoms with E-state index in [0.29, 0.717) is 6.42 Å². The van der Waals surface area contributed by atoms with Gasteiger partial charge in [-0.15, -0.1) is 0 Å². The van der Waals surface area contributed by atoms with Gasteiger partial charge in [0.15, 0.2) is 0 Å². The van der Waals surface area contributed by atoms with Crippen molar-refractivity contribution in [2.75, 3.05) is 6.54 Å². The van der Waals surface area contributed by atoms with Gasteiger partial charge < -0.3 is 16.6 Å². The highest BCUT2D eigenvalue weighted by Gasteiger charge is 2.14. The summed E-state index contributed by atoms with van der Waals surface area (Å²) in [6, 6.07) is 0.0128. The Morgan fingerprint density at radius 3 is 2.50 bits per heavy atom. The van der Waals surface area contributed by atoms with E-state index in [2.05, 4.69) is 0 Å². The number of hydrogen-bond acceptors (Lipinski definition) is 3. The molecule has 0 radical (unpaired) electrons. The summed E-state index contributed by atoms with van der Waals surface area (Å²) < 4.78 is 0. The van der Waals surface area contributed by atoms with Crippen LogP contribution in [0.15, 0.2) is 0 Å². The molecule has 0 aromatic heterocycles. The van der Waals surface area contributed by atoms with Crippen molar-refractivity contribution in [3.05, 3.63) is 0 Å². The Morgan fingerprint density at radius 2 is 2.00 bits per heavy atom. The second-order valence-electron chi connectivity index (χ2n) is 3.87. The van der Waals surface area contributed by atoms with Gasteiger partial charge in [0.05, 0.1) is 5.92 Å². The third-order valence-electron chi connectivity index (χ3n) is 2.36. The molecule has 14 heavy (non-hydrogen) atoms. The molecule has 0 aliphatic heterocycles. The minimum Gasteiger partial charge on any atom is -0.481 e. The first kappa shape index (κ1) is 13.4. The Bertz CT molecular complexity index is 162. The molecule has 0 aliphatic carbocycles. The Balaban J connectivity index is 3.45. The van der Waals surface area contributed by atoms with E-state index in [4.69, 9.17) is 16.6 Å². The van der Waals surface area contributed by atoms with Gasteiger partial charge in [0.25, 0.3) is 0 Å². The largest absolute Gasteiger partial charge is 0.481 e. The van der Waals surface area contributed by atoms with Crippen LogP contribution in [0, 0.1) is 5.92 Å². The van der Waals surface area contributed by atoms with Crippen molar-refractivity contribution in [3.8, 4) is 0 Å². The highest BCUT2D eigenvalue weighted by atomic mass is 16.4. The van der Waals surface area contributed by atoms with Crippen LogP contribution in [0.4, 0.5) is 0 Å². The molecule has 0 aromatic rings. The van der Waals surface area contributed by atoms with Crippen molar-refractivity contribution in [1.29, 1.82) is 0 Å². The summed E-state index contributed by atoms with van der Waals surface area (Å²) in [4.78, 5) is 10.5. The molecule has 0 heterocycles. The maximum absolute atomic E-state index is 10.5. The van der Waals surface area contributed by atoms with Crippen LogP contribution in [0.25, 0.3) is 0 Å². The summed E-state index contributed by atoms with van der Waals surface area (Å²) in [5.41, 5.74) is 11.2. The van der Waals surface area contributed by atoms with Crippen molar-refractivity contribution in [2.24, 2.45) is 17.4 Å². The quantitative estimate of drug-likeness (QED) is 0.511. The van der Waals surface area contributed by atoms with Gasteiger partial charge in [-0.3, -0.25) is 4.79 Å². The standard InChI is InChI=1S/C10H22N2O2/c1-8(10(13)14)7-9(12)5-3-2-4-6-11/h8-9H,2-7,11-12H2,1H3,(H,13,14). The lowest BCUT2D eigenvalue weighted by Gasteiger charge is -2.13. The summed E-state index contributed by atoms with van der Waals surface area (Å²) in [7, 11) is 0. The molecule has 5 N–H and O–H groups in total. The van der Waals surface area contributed by atoms with Crippen LogP contribution in [0.2, 0.25) is 0 Å². The number of aliphatic carboxylic acids is 1. The fraction of sp³-hybridized carbons (Fsp3) is 0.900. The summed E-state index contributed by atoms with van der Waals surface area (Å²) in [6.07, 6.45) is 4.63. The van der Waals surface area contributed by atoms with Crippen LogP contribution < -0.4 is 11.5 Å². The van der Waals surface area contributed by atoms with Gasteiger partial charge in [-0.05, 0) is 25.8 Å². The van der Waals surface area contributed by atoms with Gasteiger partial charge in [-0.2, -0.15) is 0 Å². The van der Waals surface area contributed by atoms with Gasteiger partial charge >= 0.3 is 5.97 Å². The minimum absolute atomic E-state index is 0.0128. The average Bonchev–Trinajstić information content (AvgIpc) is 2.12. The SMILES string of the molecule is CC(CC(N)CCCCCN)C(=O)O. The number of carbonyl (C=O) groups is 1. The van der Waals surface area contributed by atoms with Gasteiger partial charge in [0.2, 0.25) is 0 Å². The molecule has 0 saturated heterocycles. The normalized spacial score (nSPS) is 15.1.